The van der Waals surface area contributed by atoms with E-state index in [2.05, 4.69) is 31.2 Å². The minimum absolute atomic E-state index is 0.0805. The Kier molecular flexibility index (Phi) is 4.42. The van der Waals surface area contributed by atoms with E-state index in [1.165, 1.54) is 0 Å². The van der Waals surface area contributed by atoms with Crippen LogP contribution in [0.4, 0.5) is 11.9 Å². The van der Waals surface area contributed by atoms with Crippen LogP contribution in [0, 0.1) is 5.92 Å². The van der Waals surface area contributed by atoms with Gasteiger partial charge in [-0.1, -0.05) is 6.07 Å². The van der Waals surface area contributed by atoms with Gasteiger partial charge in [0.15, 0.2) is 0 Å². The summed E-state index contributed by atoms with van der Waals surface area (Å²) in [5, 5.41) is 3.17. The summed E-state index contributed by atoms with van der Waals surface area (Å²) >= 11 is 0. The number of methoxy groups -OCH3 is 1. The van der Waals surface area contributed by atoms with Crippen molar-refractivity contribution in [3.8, 4) is 6.01 Å². The van der Waals surface area contributed by atoms with Gasteiger partial charge in [-0.2, -0.15) is 15.0 Å². The van der Waals surface area contributed by atoms with Crippen molar-refractivity contribution in [1.29, 1.82) is 0 Å². The summed E-state index contributed by atoms with van der Waals surface area (Å²) in [6.07, 6.45) is 2.71. The molecule has 1 saturated heterocycles. The smallest absolute Gasteiger partial charge is 0.322 e. The Hall–Kier alpha value is -3.36. The summed E-state index contributed by atoms with van der Waals surface area (Å²) in [5.41, 5.74) is 1.17. The van der Waals surface area contributed by atoms with Crippen LogP contribution in [0.3, 0.4) is 0 Å². The van der Waals surface area contributed by atoms with Gasteiger partial charge in [0.05, 0.1) is 19.9 Å². The molecule has 0 unspecified atom stereocenters. The summed E-state index contributed by atoms with van der Waals surface area (Å²) in [4.78, 5) is 27.8. The van der Waals surface area contributed by atoms with Gasteiger partial charge >= 0.3 is 6.01 Å². The fourth-order valence-corrected chi connectivity index (χ4v) is 4.30. The van der Waals surface area contributed by atoms with Gasteiger partial charge < -0.3 is 23.9 Å². The van der Waals surface area contributed by atoms with Gasteiger partial charge in [0, 0.05) is 37.3 Å². The second-order valence-corrected chi connectivity index (χ2v) is 7.48. The predicted molar refractivity (Wildman–Crippen MR) is 106 cm³/mol. The summed E-state index contributed by atoms with van der Waals surface area (Å²) < 4.78 is 12.6. The number of hydrogen-bond donors (Lipinski definition) is 1. The van der Waals surface area contributed by atoms with Gasteiger partial charge in [-0.3, -0.25) is 4.79 Å². The SMILES string of the molecule is COc1nc(NCc2ccco2)nc(N2C[C@H]3C[C@@H](C2)c2cccc(=O)n2C3)n1. The quantitative estimate of drug-likeness (QED) is 0.700. The first-order valence-electron chi connectivity index (χ1n) is 9.70. The van der Waals surface area contributed by atoms with Gasteiger partial charge in [-0.05, 0) is 30.5 Å². The van der Waals surface area contributed by atoms with E-state index < -0.39 is 0 Å². The molecule has 2 aliphatic heterocycles. The lowest BCUT2D eigenvalue weighted by Crippen LogP contribution is -2.47. The molecule has 3 aromatic heterocycles. The first-order chi connectivity index (χ1) is 14.2. The molecule has 3 aromatic rings. The van der Waals surface area contributed by atoms with E-state index in [-0.39, 0.29) is 17.5 Å². The highest BCUT2D eigenvalue weighted by Gasteiger charge is 2.35. The van der Waals surface area contributed by atoms with Crippen LogP contribution in [0.5, 0.6) is 6.01 Å². The highest BCUT2D eigenvalue weighted by molar-refractivity contribution is 5.40. The zero-order valence-corrected chi connectivity index (χ0v) is 16.1. The monoisotopic (exact) mass is 394 g/mol. The van der Waals surface area contributed by atoms with Gasteiger partial charge in [-0.15, -0.1) is 0 Å². The molecule has 0 aromatic carbocycles. The van der Waals surface area contributed by atoms with Crippen molar-refractivity contribution in [3.63, 3.8) is 0 Å². The third kappa shape index (κ3) is 3.43. The van der Waals surface area contributed by atoms with Crippen LogP contribution < -0.4 is 20.5 Å². The van der Waals surface area contributed by atoms with Crippen LogP contribution in [0.1, 0.15) is 23.8 Å². The fourth-order valence-electron chi connectivity index (χ4n) is 4.30. The first-order valence-corrected chi connectivity index (χ1v) is 9.70. The summed E-state index contributed by atoms with van der Waals surface area (Å²) in [6, 6.07) is 9.52. The largest absolute Gasteiger partial charge is 0.467 e. The molecular formula is C20H22N6O3. The van der Waals surface area contributed by atoms with E-state index in [0.717, 1.165) is 37.5 Å². The second kappa shape index (κ2) is 7.23. The lowest BCUT2D eigenvalue weighted by Gasteiger charge is -2.42. The number of piperidine rings is 1. The van der Waals surface area contributed by atoms with Gasteiger partial charge in [0.25, 0.3) is 5.56 Å². The number of hydrogen-bond acceptors (Lipinski definition) is 8. The molecule has 0 saturated carbocycles. The number of fused-ring (bicyclic) bond motifs is 4. The highest BCUT2D eigenvalue weighted by Crippen LogP contribution is 2.36. The molecule has 1 N–H and O–H groups in total. The van der Waals surface area contributed by atoms with Crippen molar-refractivity contribution < 1.29 is 9.15 Å². The van der Waals surface area contributed by atoms with Crippen molar-refractivity contribution >= 4 is 11.9 Å². The molecule has 29 heavy (non-hydrogen) atoms. The minimum atomic E-state index is 0.0805. The normalized spacial score (nSPS) is 20.2. The van der Waals surface area contributed by atoms with E-state index >= 15 is 0 Å². The topological polar surface area (TPSA) is 98.3 Å². The highest BCUT2D eigenvalue weighted by atomic mass is 16.5. The van der Waals surface area contributed by atoms with Crippen LogP contribution in [-0.4, -0.2) is 39.7 Å². The maximum absolute atomic E-state index is 12.2. The standard InChI is InChI=1S/C20H22N6O3/c1-28-20-23-18(21-9-15-4-3-7-29-15)22-19(24-20)25-10-13-8-14(12-25)16-5-2-6-17(27)26(16)11-13/h2-7,13-14H,8-12H2,1H3,(H,21,22,23,24)/t13-,14+/m1/s1. The molecule has 2 atom stereocenters. The Morgan fingerprint density at radius 1 is 1.17 bits per heavy atom. The van der Waals surface area contributed by atoms with Crippen LogP contribution in [0.2, 0.25) is 0 Å². The van der Waals surface area contributed by atoms with Crippen LogP contribution in [0.15, 0.2) is 45.8 Å². The van der Waals surface area contributed by atoms with Crippen LogP contribution in [0.25, 0.3) is 0 Å². The van der Waals surface area contributed by atoms with E-state index in [1.54, 1.807) is 19.4 Å². The lowest BCUT2D eigenvalue weighted by atomic mass is 9.83. The molecule has 150 valence electrons. The van der Waals surface area contributed by atoms with Crippen LogP contribution in [-0.2, 0) is 13.1 Å². The Balaban J connectivity index is 1.41. The zero-order valence-electron chi connectivity index (χ0n) is 16.1. The van der Waals surface area contributed by atoms with Crippen molar-refractivity contribution in [2.75, 3.05) is 30.4 Å². The third-order valence-electron chi connectivity index (χ3n) is 5.55. The Bertz CT molecular complexity index is 1060. The minimum Gasteiger partial charge on any atom is -0.467 e. The first kappa shape index (κ1) is 17.7. The molecule has 0 aliphatic carbocycles. The van der Waals surface area contributed by atoms with Gasteiger partial charge in [0.2, 0.25) is 11.9 Å². The van der Waals surface area contributed by atoms with Crippen molar-refractivity contribution in [2.24, 2.45) is 5.92 Å². The molecule has 0 amide bonds. The third-order valence-corrected chi connectivity index (χ3v) is 5.55. The number of rotatable bonds is 5. The van der Waals surface area contributed by atoms with E-state index in [4.69, 9.17) is 9.15 Å². The molecule has 9 nitrogen and oxygen atoms in total. The number of pyridine rings is 1. The maximum Gasteiger partial charge on any atom is 0.322 e. The molecule has 9 heteroatoms. The number of ether oxygens (including phenoxy) is 1. The number of nitrogens with zero attached hydrogens (tertiary/aromatic N) is 5. The van der Waals surface area contributed by atoms with E-state index in [9.17, 15) is 4.79 Å². The summed E-state index contributed by atoms with van der Waals surface area (Å²) in [7, 11) is 1.54. The number of nitrogens with one attached hydrogen (secondary N) is 1. The average Bonchev–Trinajstić information content (AvgIpc) is 3.26. The Morgan fingerprint density at radius 3 is 2.93 bits per heavy atom. The Labute approximate surface area is 167 Å². The molecule has 2 aliphatic rings. The summed E-state index contributed by atoms with van der Waals surface area (Å²) in [6.45, 7) is 2.75. The average molecular weight is 394 g/mol. The predicted octanol–water partition coefficient (Wildman–Crippen LogP) is 1.87. The van der Waals surface area contributed by atoms with Crippen molar-refractivity contribution in [2.45, 2.75) is 25.4 Å². The van der Waals surface area contributed by atoms with Crippen molar-refractivity contribution in [1.82, 2.24) is 19.5 Å². The maximum atomic E-state index is 12.2. The summed E-state index contributed by atoms with van der Waals surface area (Å²) in [5.74, 6) is 2.47. The molecule has 5 rings (SSSR count). The zero-order chi connectivity index (χ0) is 19.8. The number of anilines is 2. The fraction of sp³-hybridized carbons (Fsp3) is 0.400. The molecule has 1 fully saturated rings. The molecule has 0 spiro atoms. The molecule has 2 bridgehead atoms. The molecule has 0 radical (unpaired) electrons. The lowest BCUT2D eigenvalue weighted by molar-refractivity contribution is 0.279. The van der Waals surface area contributed by atoms with Gasteiger partial charge in [0.1, 0.15) is 5.76 Å². The van der Waals surface area contributed by atoms with Crippen LogP contribution >= 0.6 is 0 Å². The van der Waals surface area contributed by atoms with Crippen molar-refractivity contribution in [3.05, 3.63) is 58.4 Å². The van der Waals surface area contributed by atoms with E-state index in [1.807, 2.05) is 22.8 Å². The van der Waals surface area contributed by atoms with Gasteiger partial charge in [-0.25, -0.2) is 0 Å². The number of furan rings is 1. The molecular weight excluding hydrogens is 372 g/mol. The second-order valence-electron chi connectivity index (χ2n) is 7.48. The molecule has 5 heterocycles. The Morgan fingerprint density at radius 2 is 2.10 bits per heavy atom. The number of aromatic nitrogens is 4. The van der Waals surface area contributed by atoms with E-state index in [0.29, 0.717) is 24.4 Å².